The van der Waals surface area contributed by atoms with Crippen LogP contribution in [0.2, 0.25) is 0 Å². The lowest BCUT2D eigenvalue weighted by molar-refractivity contribution is 0.358. The van der Waals surface area contributed by atoms with Gasteiger partial charge in [-0.3, -0.25) is 4.79 Å². The maximum absolute atomic E-state index is 13.5. The number of fused-ring (bicyclic) bond motifs is 4. The van der Waals surface area contributed by atoms with Gasteiger partial charge in [0.1, 0.15) is 0 Å². The molecule has 1 heterocycles. The quantitative estimate of drug-likeness (QED) is 0.659. The van der Waals surface area contributed by atoms with E-state index in [-0.39, 0.29) is 11.0 Å². The zero-order valence-electron chi connectivity index (χ0n) is 16.2. The first-order valence-electron chi connectivity index (χ1n) is 10.6. The van der Waals surface area contributed by atoms with Crippen LogP contribution in [0.25, 0.3) is 11.3 Å². The standard InChI is InChI=1S/C23H28N2OS/c1-2-27-21-22(26)25(17-10-4-5-11-17)20-19(24-21)18-12-6-3-9-16(18)15-23(20)13-7-8-14-23/h3,6,9,12,17H,2,4-5,7-8,10-11,13-15H2,1H3. The van der Waals surface area contributed by atoms with Gasteiger partial charge >= 0.3 is 0 Å². The minimum atomic E-state index is 0.119. The van der Waals surface area contributed by atoms with Gasteiger partial charge in [-0.25, -0.2) is 4.98 Å². The van der Waals surface area contributed by atoms with Crippen LogP contribution in [0.3, 0.4) is 0 Å². The first-order chi connectivity index (χ1) is 13.2. The van der Waals surface area contributed by atoms with Crippen molar-refractivity contribution in [2.45, 2.75) is 81.2 Å². The Labute approximate surface area is 165 Å². The van der Waals surface area contributed by atoms with E-state index in [1.807, 2.05) is 0 Å². The van der Waals surface area contributed by atoms with E-state index in [9.17, 15) is 4.79 Å². The van der Waals surface area contributed by atoms with E-state index >= 15 is 0 Å². The first-order valence-corrected chi connectivity index (χ1v) is 11.6. The SMILES string of the molecule is CCSc1nc2c(n(C3CCCC3)c1=O)C1(CCCC1)Cc1ccccc1-2. The highest BCUT2D eigenvalue weighted by molar-refractivity contribution is 7.99. The minimum absolute atomic E-state index is 0.119. The molecule has 0 radical (unpaired) electrons. The number of thioether (sulfide) groups is 1. The topological polar surface area (TPSA) is 34.9 Å². The molecule has 0 bridgehead atoms. The molecule has 3 aliphatic rings. The molecule has 0 aliphatic heterocycles. The fraction of sp³-hybridized carbons (Fsp3) is 0.565. The van der Waals surface area contributed by atoms with Crippen LogP contribution in [0.1, 0.15) is 75.6 Å². The maximum atomic E-state index is 13.5. The van der Waals surface area contributed by atoms with Gasteiger partial charge in [0.05, 0.1) is 11.4 Å². The highest BCUT2D eigenvalue weighted by Gasteiger charge is 2.45. The van der Waals surface area contributed by atoms with Crippen molar-refractivity contribution in [1.29, 1.82) is 0 Å². The van der Waals surface area contributed by atoms with Gasteiger partial charge in [0.2, 0.25) is 0 Å². The monoisotopic (exact) mass is 380 g/mol. The third-order valence-electron chi connectivity index (χ3n) is 6.92. The molecular weight excluding hydrogens is 352 g/mol. The van der Waals surface area contributed by atoms with Crippen LogP contribution >= 0.6 is 11.8 Å². The van der Waals surface area contributed by atoms with Crippen LogP contribution in [0.15, 0.2) is 34.1 Å². The number of aromatic nitrogens is 2. The van der Waals surface area contributed by atoms with Gasteiger partial charge in [-0.2, -0.15) is 0 Å². The molecule has 3 nitrogen and oxygen atoms in total. The normalized spacial score (nSPS) is 20.8. The summed E-state index contributed by atoms with van der Waals surface area (Å²) in [5.74, 6) is 0.887. The van der Waals surface area contributed by atoms with Crippen molar-refractivity contribution < 1.29 is 0 Å². The number of benzene rings is 1. The van der Waals surface area contributed by atoms with Crippen LogP contribution in [-0.2, 0) is 11.8 Å². The molecule has 1 aromatic carbocycles. The van der Waals surface area contributed by atoms with Crippen molar-refractivity contribution in [2.75, 3.05) is 5.75 Å². The van der Waals surface area contributed by atoms with E-state index in [0.29, 0.717) is 11.1 Å². The molecule has 4 heteroatoms. The molecule has 5 rings (SSSR count). The van der Waals surface area contributed by atoms with Gasteiger partial charge in [-0.1, -0.05) is 56.9 Å². The summed E-state index contributed by atoms with van der Waals surface area (Å²) >= 11 is 1.61. The zero-order chi connectivity index (χ0) is 18.4. The van der Waals surface area contributed by atoms with Gasteiger partial charge in [0, 0.05) is 17.0 Å². The van der Waals surface area contributed by atoms with Gasteiger partial charge in [0.25, 0.3) is 5.56 Å². The molecular formula is C23H28N2OS. The number of rotatable bonds is 3. The molecule has 0 unspecified atom stereocenters. The first kappa shape index (κ1) is 17.5. The van der Waals surface area contributed by atoms with E-state index in [4.69, 9.17) is 4.98 Å². The molecule has 142 valence electrons. The predicted molar refractivity (Wildman–Crippen MR) is 112 cm³/mol. The van der Waals surface area contributed by atoms with Crippen LogP contribution in [-0.4, -0.2) is 15.3 Å². The largest absolute Gasteiger partial charge is 0.305 e. The summed E-state index contributed by atoms with van der Waals surface area (Å²) < 4.78 is 2.24. The molecule has 2 aromatic rings. The Kier molecular flexibility index (Phi) is 4.42. The molecule has 27 heavy (non-hydrogen) atoms. The van der Waals surface area contributed by atoms with Gasteiger partial charge in [0.15, 0.2) is 5.03 Å². The van der Waals surface area contributed by atoms with Crippen molar-refractivity contribution in [3.63, 3.8) is 0 Å². The Bertz CT molecular complexity index is 920. The second kappa shape index (κ2) is 6.80. The Balaban J connectivity index is 1.84. The van der Waals surface area contributed by atoms with Gasteiger partial charge in [-0.05, 0) is 43.4 Å². The van der Waals surface area contributed by atoms with Crippen LogP contribution in [0.4, 0.5) is 0 Å². The highest BCUT2D eigenvalue weighted by atomic mass is 32.2. The number of nitrogens with zero attached hydrogens (tertiary/aromatic N) is 2. The van der Waals surface area contributed by atoms with Crippen molar-refractivity contribution in [3.05, 3.63) is 45.9 Å². The number of hydrogen-bond acceptors (Lipinski definition) is 3. The summed E-state index contributed by atoms with van der Waals surface area (Å²) in [5, 5.41) is 0.702. The van der Waals surface area contributed by atoms with Crippen LogP contribution in [0, 0.1) is 0 Å². The van der Waals surface area contributed by atoms with E-state index in [1.54, 1.807) is 11.8 Å². The van der Waals surface area contributed by atoms with Crippen molar-refractivity contribution in [1.82, 2.24) is 9.55 Å². The van der Waals surface area contributed by atoms with E-state index < -0.39 is 0 Å². The molecule has 2 fully saturated rings. The minimum Gasteiger partial charge on any atom is -0.305 e. The second-order valence-corrected chi connectivity index (χ2v) is 9.73. The molecule has 2 saturated carbocycles. The molecule has 0 amide bonds. The molecule has 3 aliphatic carbocycles. The van der Waals surface area contributed by atoms with E-state index in [0.717, 1.165) is 30.7 Å². The smallest absolute Gasteiger partial charge is 0.283 e. The lowest BCUT2D eigenvalue weighted by atomic mass is 9.70. The summed E-state index contributed by atoms with van der Waals surface area (Å²) in [7, 11) is 0. The lowest BCUT2D eigenvalue weighted by Crippen LogP contribution is -2.40. The highest BCUT2D eigenvalue weighted by Crippen LogP contribution is 2.52. The van der Waals surface area contributed by atoms with E-state index in [1.165, 1.54) is 55.3 Å². The molecule has 1 aromatic heterocycles. The summed E-state index contributed by atoms with van der Waals surface area (Å²) in [6, 6.07) is 9.13. The third-order valence-corrected chi connectivity index (χ3v) is 7.74. The van der Waals surface area contributed by atoms with E-state index in [2.05, 4.69) is 35.8 Å². The van der Waals surface area contributed by atoms with Crippen molar-refractivity contribution in [3.8, 4) is 11.3 Å². The summed E-state index contributed by atoms with van der Waals surface area (Å²) in [5.41, 5.74) is 5.38. The Morgan fingerprint density at radius 3 is 2.63 bits per heavy atom. The fourth-order valence-corrected chi connectivity index (χ4v) is 6.43. The van der Waals surface area contributed by atoms with Crippen LogP contribution < -0.4 is 5.56 Å². The van der Waals surface area contributed by atoms with Crippen LogP contribution in [0.5, 0.6) is 0 Å². The van der Waals surface area contributed by atoms with Gasteiger partial charge in [-0.15, -0.1) is 11.8 Å². The average molecular weight is 381 g/mol. The molecule has 0 N–H and O–H groups in total. The molecule has 0 atom stereocenters. The average Bonchev–Trinajstić information content (AvgIpc) is 3.36. The second-order valence-electron chi connectivity index (χ2n) is 8.48. The summed E-state index contributed by atoms with van der Waals surface area (Å²) in [6.45, 7) is 2.11. The van der Waals surface area contributed by atoms with Gasteiger partial charge < -0.3 is 4.57 Å². The maximum Gasteiger partial charge on any atom is 0.283 e. The Morgan fingerprint density at radius 1 is 1.15 bits per heavy atom. The zero-order valence-corrected chi connectivity index (χ0v) is 17.0. The van der Waals surface area contributed by atoms with Crippen molar-refractivity contribution >= 4 is 11.8 Å². The van der Waals surface area contributed by atoms with Crippen molar-refractivity contribution in [2.24, 2.45) is 0 Å². The molecule has 0 saturated heterocycles. The summed E-state index contributed by atoms with van der Waals surface area (Å²) in [4.78, 5) is 18.6. The fourth-order valence-electron chi connectivity index (χ4n) is 5.78. The number of hydrogen-bond donors (Lipinski definition) is 0. The summed E-state index contributed by atoms with van der Waals surface area (Å²) in [6.07, 6.45) is 10.8. The third kappa shape index (κ3) is 2.71. The Morgan fingerprint density at radius 2 is 1.89 bits per heavy atom. The molecule has 1 spiro atoms. The predicted octanol–water partition coefficient (Wildman–Crippen LogP) is 5.51. The Hall–Kier alpha value is -1.55. The lowest BCUT2D eigenvalue weighted by Gasteiger charge is -2.39.